The van der Waals surface area contributed by atoms with E-state index in [1.807, 2.05) is 78.5 Å². The molecule has 1 saturated carbocycles. The van der Waals surface area contributed by atoms with Crippen LogP contribution in [0.15, 0.2) is 60.8 Å². The highest BCUT2D eigenvalue weighted by molar-refractivity contribution is 5.96. The third-order valence-electron chi connectivity index (χ3n) is 7.49. The average Bonchev–Trinajstić information content (AvgIpc) is 3.71. The minimum atomic E-state index is -0.0962. The Hall–Kier alpha value is -4.64. The number of hydrogen-bond donors (Lipinski definition) is 4. The summed E-state index contributed by atoms with van der Waals surface area (Å²) in [7, 11) is 3.96. The zero-order chi connectivity index (χ0) is 28.3. The molecule has 6 rings (SSSR count). The van der Waals surface area contributed by atoms with Gasteiger partial charge in [-0.25, -0.2) is 4.98 Å². The molecule has 3 heterocycles. The van der Waals surface area contributed by atoms with Gasteiger partial charge in [0, 0.05) is 68.6 Å². The monoisotopic (exact) mass is 553 g/mol. The molecule has 1 saturated heterocycles. The van der Waals surface area contributed by atoms with Gasteiger partial charge in [-0.2, -0.15) is 5.10 Å². The zero-order valence-corrected chi connectivity index (χ0v) is 23.4. The molecule has 0 spiro atoms. The van der Waals surface area contributed by atoms with Gasteiger partial charge in [-0.15, -0.1) is 0 Å². The second kappa shape index (κ2) is 11.5. The molecule has 0 unspecified atom stereocenters. The van der Waals surface area contributed by atoms with Gasteiger partial charge < -0.3 is 30.7 Å². The Kier molecular flexibility index (Phi) is 7.43. The second-order valence-electron chi connectivity index (χ2n) is 10.8. The van der Waals surface area contributed by atoms with Crippen molar-refractivity contribution < 1.29 is 9.59 Å². The van der Waals surface area contributed by atoms with E-state index in [-0.39, 0.29) is 18.4 Å². The molecule has 11 nitrogen and oxygen atoms in total. The number of H-pyrrole nitrogens is 1. The highest BCUT2D eigenvalue weighted by atomic mass is 16.2. The highest BCUT2D eigenvalue weighted by Crippen LogP contribution is 2.29. The number of rotatable bonds is 9. The van der Waals surface area contributed by atoms with E-state index < -0.39 is 0 Å². The van der Waals surface area contributed by atoms with Crippen LogP contribution in [0, 0.1) is 0 Å². The molecule has 2 fully saturated rings. The maximum absolute atomic E-state index is 13.2. The van der Waals surface area contributed by atoms with E-state index in [0.29, 0.717) is 55.1 Å². The van der Waals surface area contributed by atoms with E-state index in [1.54, 1.807) is 6.20 Å². The summed E-state index contributed by atoms with van der Waals surface area (Å²) >= 11 is 0. The van der Waals surface area contributed by atoms with E-state index in [1.165, 1.54) is 0 Å². The van der Waals surface area contributed by atoms with Gasteiger partial charge in [-0.3, -0.25) is 14.7 Å². The largest absolute Gasteiger partial charge is 0.378 e. The van der Waals surface area contributed by atoms with Crippen molar-refractivity contribution in [1.29, 1.82) is 0 Å². The topological polar surface area (TPSA) is 122 Å². The molecule has 1 aliphatic carbocycles. The molecule has 2 aromatic carbocycles. The van der Waals surface area contributed by atoms with Gasteiger partial charge in [0.2, 0.25) is 5.91 Å². The van der Waals surface area contributed by atoms with Gasteiger partial charge in [0.1, 0.15) is 5.82 Å². The van der Waals surface area contributed by atoms with Crippen LogP contribution >= 0.6 is 0 Å². The molecule has 1 aliphatic heterocycles. The third-order valence-corrected chi connectivity index (χ3v) is 7.49. The number of aromatic amines is 1. The number of nitrogens with zero attached hydrogens (tertiary/aromatic N) is 5. The van der Waals surface area contributed by atoms with Gasteiger partial charge in [0.25, 0.3) is 5.91 Å². The molecule has 4 N–H and O–H groups in total. The van der Waals surface area contributed by atoms with Crippen LogP contribution in [0.3, 0.4) is 0 Å². The number of carbonyl (C=O) groups excluding carboxylic acids is 2. The van der Waals surface area contributed by atoms with Crippen molar-refractivity contribution in [3.05, 3.63) is 66.4 Å². The summed E-state index contributed by atoms with van der Waals surface area (Å²) in [4.78, 5) is 36.9. The Morgan fingerprint density at radius 3 is 2.51 bits per heavy atom. The Morgan fingerprint density at radius 1 is 1.00 bits per heavy atom. The molecule has 0 bridgehead atoms. The van der Waals surface area contributed by atoms with E-state index in [2.05, 4.69) is 31.0 Å². The van der Waals surface area contributed by atoms with Crippen molar-refractivity contribution in [2.75, 3.05) is 67.3 Å². The molecule has 0 atom stereocenters. The second-order valence-corrected chi connectivity index (χ2v) is 10.8. The van der Waals surface area contributed by atoms with E-state index in [9.17, 15) is 9.59 Å². The lowest BCUT2D eigenvalue weighted by Gasteiger charge is -2.36. The van der Waals surface area contributed by atoms with Gasteiger partial charge in [-0.1, -0.05) is 0 Å². The van der Waals surface area contributed by atoms with Crippen LogP contribution < -0.4 is 25.8 Å². The predicted octanol–water partition coefficient (Wildman–Crippen LogP) is 3.42. The molecular weight excluding hydrogens is 518 g/mol. The lowest BCUT2D eigenvalue weighted by atomic mass is 10.1. The van der Waals surface area contributed by atoms with Crippen molar-refractivity contribution in [3.8, 4) is 0 Å². The lowest BCUT2D eigenvalue weighted by molar-refractivity contribution is -0.115. The van der Waals surface area contributed by atoms with Crippen LogP contribution in [0.25, 0.3) is 10.9 Å². The summed E-state index contributed by atoms with van der Waals surface area (Å²) in [5.74, 6) is 1.27. The molecule has 2 aliphatic rings. The number of piperazine rings is 1. The third kappa shape index (κ3) is 6.25. The smallest absolute Gasteiger partial charge is 0.253 e. The van der Waals surface area contributed by atoms with Crippen molar-refractivity contribution in [1.82, 2.24) is 25.4 Å². The predicted molar refractivity (Wildman–Crippen MR) is 162 cm³/mol. The zero-order valence-electron chi connectivity index (χ0n) is 23.4. The molecule has 4 aromatic rings. The summed E-state index contributed by atoms with van der Waals surface area (Å²) in [5, 5.41) is 17.7. The standard InChI is InChI=1S/C30H35N9O2/c1-37(2)24-8-3-20(4-9-24)30(41)39-15-13-38(14-16-39)29-26(34-28(40)19-31-22-5-6-22)11-12-27(35-29)33-23-7-10-25-21(17-23)18-32-36-25/h3-4,7-12,17-18,22,31H,5-6,13-16,19H2,1-2H3,(H,32,36)(H,33,35)(H,34,40). The fourth-order valence-electron chi connectivity index (χ4n) is 4.95. The van der Waals surface area contributed by atoms with E-state index in [0.717, 1.165) is 35.1 Å². The van der Waals surface area contributed by atoms with Gasteiger partial charge >= 0.3 is 0 Å². The number of anilines is 5. The van der Waals surface area contributed by atoms with Crippen molar-refractivity contribution in [3.63, 3.8) is 0 Å². The summed E-state index contributed by atoms with van der Waals surface area (Å²) in [6.07, 6.45) is 4.02. The first kappa shape index (κ1) is 26.6. The maximum Gasteiger partial charge on any atom is 0.253 e. The molecular formula is C30H35N9O2. The first-order valence-corrected chi connectivity index (χ1v) is 14.0. The van der Waals surface area contributed by atoms with Gasteiger partial charge in [-0.05, 0) is 67.4 Å². The molecule has 212 valence electrons. The van der Waals surface area contributed by atoms with Crippen LogP contribution in [0.4, 0.5) is 28.7 Å². The van der Waals surface area contributed by atoms with E-state index in [4.69, 9.17) is 4.98 Å². The fraction of sp³-hybridized carbons (Fsp3) is 0.333. The first-order chi connectivity index (χ1) is 19.9. The summed E-state index contributed by atoms with van der Waals surface area (Å²) in [5.41, 5.74) is 4.24. The number of nitrogens with one attached hydrogen (secondary N) is 4. The van der Waals surface area contributed by atoms with Crippen LogP contribution in [0.5, 0.6) is 0 Å². The first-order valence-electron chi connectivity index (χ1n) is 14.0. The van der Waals surface area contributed by atoms with Crippen LogP contribution in [0.2, 0.25) is 0 Å². The van der Waals surface area contributed by atoms with Crippen LogP contribution in [-0.2, 0) is 4.79 Å². The number of hydrogen-bond acceptors (Lipinski definition) is 8. The van der Waals surface area contributed by atoms with Crippen LogP contribution in [-0.4, -0.2) is 84.8 Å². The van der Waals surface area contributed by atoms with Crippen molar-refractivity contribution >= 4 is 51.4 Å². The summed E-state index contributed by atoms with van der Waals surface area (Å²) in [6, 6.07) is 17.8. The average molecular weight is 554 g/mol. The molecule has 2 aromatic heterocycles. The maximum atomic E-state index is 13.2. The van der Waals surface area contributed by atoms with Gasteiger partial charge in [0.05, 0.1) is 23.9 Å². The summed E-state index contributed by atoms with van der Waals surface area (Å²) < 4.78 is 0. The number of carbonyl (C=O) groups is 2. The molecule has 2 amide bonds. The Bertz CT molecular complexity index is 1540. The Morgan fingerprint density at radius 2 is 1.78 bits per heavy atom. The minimum Gasteiger partial charge on any atom is -0.378 e. The summed E-state index contributed by atoms with van der Waals surface area (Å²) in [6.45, 7) is 2.58. The number of amides is 2. The molecule has 41 heavy (non-hydrogen) atoms. The Labute approximate surface area is 238 Å². The number of aromatic nitrogens is 3. The van der Waals surface area contributed by atoms with Crippen molar-refractivity contribution in [2.45, 2.75) is 18.9 Å². The van der Waals surface area contributed by atoms with Crippen LogP contribution in [0.1, 0.15) is 23.2 Å². The van der Waals surface area contributed by atoms with Crippen molar-refractivity contribution in [2.24, 2.45) is 0 Å². The lowest BCUT2D eigenvalue weighted by Crippen LogP contribution is -2.49. The number of benzene rings is 2. The highest BCUT2D eigenvalue weighted by Gasteiger charge is 2.26. The Balaban J connectivity index is 1.18. The fourth-order valence-corrected chi connectivity index (χ4v) is 4.95. The molecule has 0 radical (unpaired) electrons. The van der Waals surface area contributed by atoms with Gasteiger partial charge in [0.15, 0.2) is 5.82 Å². The normalized spacial score (nSPS) is 15.2. The minimum absolute atomic E-state index is 0.0210. The SMILES string of the molecule is CN(C)c1ccc(C(=O)N2CCN(c3nc(Nc4ccc5[nH]ncc5c4)ccc3NC(=O)CNC3CC3)CC2)cc1. The number of pyridine rings is 1. The molecule has 11 heteroatoms. The quantitative estimate of drug-likeness (QED) is 0.249. The van der Waals surface area contributed by atoms with E-state index >= 15 is 0 Å². The number of fused-ring (bicyclic) bond motifs is 1.